The molecule has 1 N–H and O–H groups in total. The van der Waals surface area contributed by atoms with Crippen molar-refractivity contribution in [2.75, 3.05) is 5.75 Å². The van der Waals surface area contributed by atoms with Crippen LogP contribution in [0.1, 0.15) is 68.9 Å². The summed E-state index contributed by atoms with van der Waals surface area (Å²) in [5, 5.41) is 11.0. The molecule has 2 fully saturated rings. The van der Waals surface area contributed by atoms with Crippen LogP contribution in [-0.2, 0) is 14.6 Å². The van der Waals surface area contributed by atoms with Gasteiger partial charge in [-0.25, -0.2) is 8.42 Å². The molecule has 1 aromatic carbocycles. The van der Waals surface area contributed by atoms with Crippen molar-refractivity contribution in [1.82, 2.24) is 20.1 Å². The second kappa shape index (κ2) is 7.31. The lowest BCUT2D eigenvalue weighted by Gasteiger charge is -2.23. The summed E-state index contributed by atoms with van der Waals surface area (Å²) >= 11 is 0. The number of amides is 1. The zero-order chi connectivity index (χ0) is 19.9. The highest BCUT2D eigenvalue weighted by Gasteiger charge is 2.40. The summed E-state index contributed by atoms with van der Waals surface area (Å²) in [6, 6.07) is 9.51. The van der Waals surface area contributed by atoms with E-state index in [4.69, 9.17) is 0 Å². The van der Waals surface area contributed by atoms with Crippen LogP contribution in [-0.4, -0.2) is 34.8 Å². The van der Waals surface area contributed by atoms with Gasteiger partial charge in [0.2, 0.25) is 15.7 Å². The van der Waals surface area contributed by atoms with Crippen LogP contribution in [0.15, 0.2) is 35.5 Å². The van der Waals surface area contributed by atoms with Gasteiger partial charge in [-0.3, -0.25) is 9.36 Å². The third kappa shape index (κ3) is 3.97. The minimum absolute atomic E-state index is 0.0483. The van der Waals surface area contributed by atoms with Crippen LogP contribution in [0.2, 0.25) is 0 Å². The summed E-state index contributed by atoms with van der Waals surface area (Å²) in [6.45, 7) is 4.00. The first kappa shape index (κ1) is 19.1. The average Bonchev–Trinajstić information content (AvgIpc) is 3.58. The predicted octanol–water partition coefficient (Wildman–Crippen LogP) is 2.78. The van der Waals surface area contributed by atoms with Crippen molar-refractivity contribution in [2.45, 2.75) is 62.7 Å². The Morgan fingerprint density at radius 1 is 1.14 bits per heavy atom. The first-order chi connectivity index (χ1) is 13.4. The van der Waals surface area contributed by atoms with E-state index in [9.17, 15) is 13.2 Å². The van der Waals surface area contributed by atoms with Crippen LogP contribution in [0.3, 0.4) is 0 Å². The molecule has 1 aromatic heterocycles. The standard InChI is InChI=1S/C20H26N4O3S/c1-13(2)18(14-6-4-3-5-7-14)21-17(25)12-28(26,27)20-23-22-19(15-8-9-15)24(20)16-10-11-16/h3-7,13,15-16,18H,8-12H2,1-2H3,(H,21,25)/t18-/m0/s1. The molecule has 2 saturated carbocycles. The Balaban J connectivity index is 1.52. The first-order valence-corrected chi connectivity index (χ1v) is 11.5. The van der Waals surface area contributed by atoms with Gasteiger partial charge in [0.15, 0.2) is 0 Å². The van der Waals surface area contributed by atoms with E-state index in [1.807, 2.05) is 44.2 Å². The second-order valence-electron chi connectivity index (χ2n) is 8.18. The van der Waals surface area contributed by atoms with Crippen LogP contribution >= 0.6 is 0 Å². The van der Waals surface area contributed by atoms with Crippen molar-refractivity contribution >= 4 is 15.7 Å². The number of carbonyl (C=O) groups excluding carboxylic acids is 1. The van der Waals surface area contributed by atoms with Crippen molar-refractivity contribution in [3.63, 3.8) is 0 Å². The van der Waals surface area contributed by atoms with E-state index in [0.717, 1.165) is 37.1 Å². The monoisotopic (exact) mass is 402 g/mol. The first-order valence-electron chi connectivity index (χ1n) is 9.88. The predicted molar refractivity (Wildman–Crippen MR) is 104 cm³/mol. The van der Waals surface area contributed by atoms with Gasteiger partial charge < -0.3 is 5.32 Å². The van der Waals surface area contributed by atoms with Crippen LogP contribution < -0.4 is 5.32 Å². The molecule has 0 spiro atoms. The van der Waals surface area contributed by atoms with Crippen LogP contribution in [0, 0.1) is 5.92 Å². The molecule has 0 unspecified atom stereocenters. The maximum atomic E-state index is 13.0. The maximum Gasteiger partial charge on any atom is 0.250 e. The summed E-state index contributed by atoms with van der Waals surface area (Å²) in [7, 11) is -3.86. The molecule has 0 radical (unpaired) electrons. The average molecular weight is 403 g/mol. The Kier molecular flexibility index (Phi) is 4.99. The summed E-state index contributed by atoms with van der Waals surface area (Å²) in [6.07, 6.45) is 3.93. The van der Waals surface area contributed by atoms with E-state index in [0.29, 0.717) is 5.92 Å². The molecule has 1 heterocycles. The molecule has 7 nitrogen and oxygen atoms in total. The lowest BCUT2D eigenvalue weighted by molar-refractivity contribution is -0.119. The Labute approximate surface area is 165 Å². The lowest BCUT2D eigenvalue weighted by atomic mass is 9.96. The van der Waals surface area contributed by atoms with Crippen molar-refractivity contribution in [2.24, 2.45) is 5.92 Å². The zero-order valence-corrected chi connectivity index (χ0v) is 17.0. The number of hydrogen-bond acceptors (Lipinski definition) is 5. The molecule has 1 amide bonds. The van der Waals surface area contributed by atoms with E-state index in [2.05, 4.69) is 15.5 Å². The summed E-state index contributed by atoms with van der Waals surface area (Å²) in [4.78, 5) is 12.6. The quantitative estimate of drug-likeness (QED) is 0.733. The molecular weight excluding hydrogens is 376 g/mol. The minimum Gasteiger partial charge on any atom is -0.348 e. The van der Waals surface area contributed by atoms with E-state index >= 15 is 0 Å². The van der Waals surface area contributed by atoms with Gasteiger partial charge in [-0.1, -0.05) is 44.2 Å². The Morgan fingerprint density at radius 3 is 2.39 bits per heavy atom. The van der Waals surface area contributed by atoms with E-state index in [1.54, 1.807) is 4.57 Å². The van der Waals surface area contributed by atoms with Crippen LogP contribution in [0.5, 0.6) is 0 Å². The minimum atomic E-state index is -3.86. The van der Waals surface area contributed by atoms with Crippen LogP contribution in [0.25, 0.3) is 0 Å². The molecule has 2 aliphatic carbocycles. The number of rotatable bonds is 8. The number of aromatic nitrogens is 3. The Hall–Kier alpha value is -2.22. The molecule has 0 saturated heterocycles. The normalized spacial score (nSPS) is 18.2. The summed E-state index contributed by atoms with van der Waals surface area (Å²) < 4.78 is 27.7. The van der Waals surface area contributed by atoms with Crippen LogP contribution in [0.4, 0.5) is 0 Å². The number of carbonyl (C=O) groups is 1. The van der Waals surface area contributed by atoms with Crippen molar-refractivity contribution < 1.29 is 13.2 Å². The fourth-order valence-electron chi connectivity index (χ4n) is 3.54. The largest absolute Gasteiger partial charge is 0.348 e. The molecule has 4 rings (SSSR count). The molecule has 2 aliphatic rings. The second-order valence-corrected chi connectivity index (χ2v) is 10.1. The Bertz CT molecular complexity index is 961. The number of benzene rings is 1. The van der Waals surface area contributed by atoms with Gasteiger partial charge in [0.1, 0.15) is 11.6 Å². The summed E-state index contributed by atoms with van der Waals surface area (Å²) in [5.41, 5.74) is 0.959. The van der Waals surface area contributed by atoms with E-state index < -0.39 is 21.5 Å². The Morgan fingerprint density at radius 2 is 1.82 bits per heavy atom. The highest BCUT2D eigenvalue weighted by Crippen LogP contribution is 2.45. The third-order valence-corrected chi connectivity index (χ3v) is 6.76. The maximum absolute atomic E-state index is 13.0. The van der Waals surface area contributed by atoms with E-state index in [1.165, 1.54) is 0 Å². The number of nitrogens with zero attached hydrogens (tertiary/aromatic N) is 3. The molecular formula is C20H26N4O3S. The molecule has 0 aliphatic heterocycles. The van der Waals surface area contributed by atoms with Crippen molar-refractivity contribution in [3.05, 3.63) is 41.7 Å². The highest BCUT2D eigenvalue weighted by molar-refractivity contribution is 7.91. The number of nitrogens with one attached hydrogen (secondary N) is 1. The fourth-order valence-corrected chi connectivity index (χ4v) is 4.81. The molecule has 28 heavy (non-hydrogen) atoms. The topological polar surface area (TPSA) is 93.9 Å². The summed E-state index contributed by atoms with van der Waals surface area (Å²) in [5.74, 6) is 0.0880. The lowest BCUT2D eigenvalue weighted by Crippen LogP contribution is -2.36. The van der Waals surface area contributed by atoms with Crippen molar-refractivity contribution in [3.8, 4) is 0 Å². The fraction of sp³-hybridized carbons (Fsp3) is 0.550. The van der Waals surface area contributed by atoms with Gasteiger partial charge >= 0.3 is 0 Å². The van der Waals surface area contributed by atoms with E-state index in [-0.39, 0.29) is 23.2 Å². The van der Waals surface area contributed by atoms with Crippen molar-refractivity contribution in [1.29, 1.82) is 0 Å². The number of sulfone groups is 1. The van der Waals surface area contributed by atoms with Gasteiger partial charge in [0, 0.05) is 12.0 Å². The molecule has 8 heteroatoms. The van der Waals surface area contributed by atoms with Gasteiger partial charge in [-0.2, -0.15) is 0 Å². The SMILES string of the molecule is CC(C)[C@H](NC(=O)CS(=O)(=O)c1nnc(C2CC2)n1C1CC1)c1ccccc1. The van der Waals surface area contributed by atoms with Gasteiger partial charge in [-0.05, 0) is 37.2 Å². The third-order valence-electron chi connectivity index (χ3n) is 5.29. The van der Waals surface area contributed by atoms with Gasteiger partial charge in [0.05, 0.1) is 6.04 Å². The number of hydrogen-bond donors (Lipinski definition) is 1. The molecule has 2 aromatic rings. The molecule has 1 atom stereocenters. The highest BCUT2D eigenvalue weighted by atomic mass is 32.2. The molecule has 0 bridgehead atoms. The van der Waals surface area contributed by atoms with Gasteiger partial charge in [-0.15, -0.1) is 10.2 Å². The van der Waals surface area contributed by atoms with Gasteiger partial charge in [0.25, 0.3) is 5.16 Å². The molecule has 150 valence electrons. The smallest absolute Gasteiger partial charge is 0.250 e. The zero-order valence-electron chi connectivity index (χ0n) is 16.2.